The quantitative estimate of drug-likeness (QED) is 0.192. The molecular weight excluding hydrogens is 571 g/mol. The fourth-order valence-corrected chi connectivity index (χ4v) is 6.26. The highest BCUT2D eigenvalue weighted by atomic mass is 35.5. The molecule has 222 valence electrons. The molecule has 1 aliphatic rings. The van der Waals surface area contributed by atoms with Gasteiger partial charge in [-0.1, -0.05) is 52.6 Å². The molecule has 1 fully saturated rings. The molecule has 0 saturated carbocycles. The van der Waals surface area contributed by atoms with Crippen LogP contribution in [0.25, 0.3) is 11.9 Å². The molecule has 2 aromatic carbocycles. The van der Waals surface area contributed by atoms with Gasteiger partial charge in [-0.3, -0.25) is 4.90 Å². The number of morpholine rings is 1. The lowest BCUT2D eigenvalue weighted by atomic mass is 10.1. The molecule has 40 heavy (non-hydrogen) atoms. The van der Waals surface area contributed by atoms with E-state index in [1.165, 1.54) is 6.07 Å². The third-order valence-corrected chi connectivity index (χ3v) is 9.15. The number of aliphatic hydroxyl groups is 1. The number of hydrogen-bond acceptors (Lipinski definition) is 9. The van der Waals surface area contributed by atoms with Crippen molar-refractivity contribution in [2.75, 3.05) is 81.4 Å². The molecule has 1 heterocycles. The van der Waals surface area contributed by atoms with Crippen molar-refractivity contribution in [2.45, 2.75) is 26.2 Å². The molecule has 3 rings (SSSR count). The number of nitrogens with zero attached hydrogens (tertiary/aromatic N) is 2. The number of nitrogens with one attached hydrogen (secondary N) is 1. The molecule has 0 atom stereocenters. The van der Waals surface area contributed by atoms with Crippen LogP contribution in [-0.4, -0.2) is 81.2 Å². The highest BCUT2D eigenvalue weighted by Crippen LogP contribution is 2.27. The molecule has 0 amide bonds. The van der Waals surface area contributed by atoms with Crippen molar-refractivity contribution in [3.05, 3.63) is 51.6 Å². The molecule has 0 aliphatic carbocycles. The number of nitrogens with two attached hydrogens (primary N) is 1. The van der Waals surface area contributed by atoms with Gasteiger partial charge in [-0.05, 0) is 48.4 Å². The highest BCUT2D eigenvalue weighted by Gasteiger charge is 2.15. The molecular formula is C29H42ClFN4O3S2. The van der Waals surface area contributed by atoms with Crippen molar-refractivity contribution in [3.8, 4) is 5.75 Å². The summed E-state index contributed by atoms with van der Waals surface area (Å²) in [4.78, 5) is 4.38. The van der Waals surface area contributed by atoms with Gasteiger partial charge in [0, 0.05) is 55.6 Å². The molecule has 2 aromatic rings. The van der Waals surface area contributed by atoms with E-state index in [9.17, 15) is 4.39 Å². The van der Waals surface area contributed by atoms with Gasteiger partial charge in [-0.2, -0.15) is 0 Å². The number of halogens is 2. The summed E-state index contributed by atoms with van der Waals surface area (Å²) < 4.78 is 25.7. The minimum atomic E-state index is -0.471. The number of benzene rings is 2. The third kappa shape index (κ3) is 9.92. The Labute approximate surface area is 250 Å². The molecule has 0 radical (unpaired) electrons. The zero-order chi connectivity index (χ0) is 28.7. The summed E-state index contributed by atoms with van der Waals surface area (Å²) in [5.74, 6) is 2.27. The van der Waals surface area contributed by atoms with E-state index in [1.807, 2.05) is 18.0 Å². The van der Waals surface area contributed by atoms with Gasteiger partial charge in [-0.25, -0.2) is 4.39 Å². The average molecular weight is 613 g/mol. The lowest BCUT2D eigenvalue weighted by Gasteiger charge is -2.26. The van der Waals surface area contributed by atoms with E-state index in [1.54, 1.807) is 33.7 Å². The van der Waals surface area contributed by atoms with Crippen molar-refractivity contribution < 1.29 is 19.0 Å². The molecule has 1 saturated heterocycles. The largest absolute Gasteiger partial charge is 0.491 e. The fraction of sp³-hybridized carbons (Fsp3) is 0.517. The van der Waals surface area contributed by atoms with E-state index in [-0.39, 0.29) is 11.6 Å². The van der Waals surface area contributed by atoms with E-state index in [0.29, 0.717) is 30.4 Å². The molecule has 11 heteroatoms. The van der Waals surface area contributed by atoms with E-state index in [2.05, 4.69) is 29.3 Å². The molecule has 0 unspecified atom stereocenters. The van der Waals surface area contributed by atoms with E-state index in [0.717, 1.165) is 79.7 Å². The minimum absolute atomic E-state index is 0.0483. The maximum atomic E-state index is 14.0. The summed E-state index contributed by atoms with van der Waals surface area (Å²) in [5.41, 5.74) is 8.46. The Morgan fingerprint density at radius 2 is 2.02 bits per heavy atom. The minimum Gasteiger partial charge on any atom is -0.491 e. The molecule has 0 bridgehead atoms. The third-order valence-electron chi connectivity index (χ3n) is 6.49. The number of unbranched alkanes of at least 4 members (excludes halogenated alkanes) is 1. The number of rotatable bonds is 16. The predicted octanol–water partition coefficient (Wildman–Crippen LogP) is 4.11. The fourth-order valence-electron chi connectivity index (χ4n) is 4.37. The Balaban J connectivity index is 1.94. The van der Waals surface area contributed by atoms with Gasteiger partial charge in [-0.15, -0.1) is 0 Å². The first kappa shape index (κ1) is 32.7. The summed E-state index contributed by atoms with van der Waals surface area (Å²) in [6.45, 7) is 7.97. The van der Waals surface area contributed by atoms with Crippen LogP contribution >= 0.6 is 33.2 Å². The predicted molar refractivity (Wildman–Crippen MR) is 170 cm³/mol. The SMILES string of the molecule is CCC/C=c1\cc(OCCCN2CCOCC2)c(NC)c\c1=C(\N)N(CCSSCCO)c1ccc(F)c(Cl)c1. The smallest absolute Gasteiger partial charge is 0.142 e. The topological polar surface area (TPSA) is 83.2 Å². The molecule has 0 spiro atoms. The number of anilines is 2. The van der Waals surface area contributed by atoms with Crippen LogP contribution in [0.2, 0.25) is 5.02 Å². The Morgan fingerprint density at radius 3 is 2.73 bits per heavy atom. The van der Waals surface area contributed by atoms with Crippen LogP contribution in [0.15, 0.2) is 30.3 Å². The van der Waals surface area contributed by atoms with Gasteiger partial charge in [0.15, 0.2) is 0 Å². The second kappa shape index (κ2) is 17.9. The lowest BCUT2D eigenvalue weighted by Crippen LogP contribution is -2.40. The van der Waals surface area contributed by atoms with Gasteiger partial charge in [0.25, 0.3) is 0 Å². The summed E-state index contributed by atoms with van der Waals surface area (Å²) in [5, 5.41) is 14.3. The van der Waals surface area contributed by atoms with Crippen LogP contribution in [0.3, 0.4) is 0 Å². The van der Waals surface area contributed by atoms with Crippen LogP contribution in [0, 0.1) is 5.82 Å². The van der Waals surface area contributed by atoms with Crippen LogP contribution in [0.4, 0.5) is 15.8 Å². The second-order valence-corrected chi connectivity index (χ2v) is 12.4. The van der Waals surface area contributed by atoms with Gasteiger partial charge in [0.05, 0.1) is 37.1 Å². The first-order chi connectivity index (χ1) is 19.5. The van der Waals surface area contributed by atoms with Crippen LogP contribution < -0.4 is 31.1 Å². The van der Waals surface area contributed by atoms with Crippen molar-refractivity contribution in [2.24, 2.45) is 5.73 Å². The van der Waals surface area contributed by atoms with Crippen molar-refractivity contribution in [3.63, 3.8) is 0 Å². The number of ether oxygens (including phenoxy) is 2. The zero-order valence-electron chi connectivity index (χ0n) is 23.5. The Kier molecular flexibility index (Phi) is 14.6. The molecule has 1 aliphatic heterocycles. The number of hydrogen-bond donors (Lipinski definition) is 3. The zero-order valence-corrected chi connectivity index (χ0v) is 25.9. The summed E-state index contributed by atoms with van der Waals surface area (Å²) in [6, 6.07) is 8.75. The maximum Gasteiger partial charge on any atom is 0.142 e. The Bertz CT molecular complexity index is 1180. The highest BCUT2D eigenvalue weighted by molar-refractivity contribution is 8.76. The maximum absolute atomic E-state index is 14.0. The first-order valence-electron chi connectivity index (χ1n) is 13.8. The normalized spacial score (nSPS) is 15.3. The Morgan fingerprint density at radius 1 is 1.25 bits per heavy atom. The number of aliphatic hydroxyl groups excluding tert-OH is 1. The van der Waals surface area contributed by atoms with Crippen LogP contribution in [0.1, 0.15) is 26.2 Å². The second-order valence-electron chi connectivity index (χ2n) is 9.34. The van der Waals surface area contributed by atoms with E-state index < -0.39 is 5.82 Å². The molecule has 4 N–H and O–H groups in total. The van der Waals surface area contributed by atoms with Crippen molar-refractivity contribution >= 4 is 56.5 Å². The standard InChI is InChI=1S/C29H42ClFN4O3S2/c1-3-4-6-22-19-28(38-14-5-9-34-10-15-37-16-11-34)27(33-2)21-24(22)29(32)35(12-17-39-40-18-13-36)23-7-8-26(31)25(30)20-23/h6-8,19-21,33,36H,3-5,9-18,32H2,1-2H3/b22-6+,29-24+. The lowest BCUT2D eigenvalue weighted by molar-refractivity contribution is 0.0358. The van der Waals surface area contributed by atoms with E-state index >= 15 is 0 Å². The van der Waals surface area contributed by atoms with Crippen molar-refractivity contribution in [1.82, 2.24) is 4.90 Å². The van der Waals surface area contributed by atoms with Crippen LogP contribution in [0.5, 0.6) is 5.75 Å². The Hall–Kier alpha value is -1.82. The summed E-state index contributed by atoms with van der Waals surface area (Å²) in [6.07, 6.45) is 5.01. The first-order valence-corrected chi connectivity index (χ1v) is 16.7. The average Bonchev–Trinajstić information content (AvgIpc) is 2.97. The van der Waals surface area contributed by atoms with Gasteiger partial charge < -0.3 is 30.5 Å². The monoisotopic (exact) mass is 612 g/mol. The van der Waals surface area contributed by atoms with Gasteiger partial charge in [0.1, 0.15) is 17.4 Å². The van der Waals surface area contributed by atoms with E-state index in [4.69, 9.17) is 31.9 Å². The van der Waals surface area contributed by atoms with Crippen molar-refractivity contribution in [1.29, 1.82) is 0 Å². The van der Waals surface area contributed by atoms with Gasteiger partial charge >= 0.3 is 0 Å². The summed E-state index contributed by atoms with van der Waals surface area (Å²) >= 11 is 6.16. The van der Waals surface area contributed by atoms with Gasteiger partial charge in [0.2, 0.25) is 0 Å². The molecule has 7 nitrogen and oxygen atoms in total. The molecule has 0 aromatic heterocycles. The van der Waals surface area contributed by atoms with Crippen LogP contribution in [-0.2, 0) is 4.74 Å². The summed E-state index contributed by atoms with van der Waals surface area (Å²) in [7, 11) is 5.14.